The van der Waals surface area contributed by atoms with Crippen molar-refractivity contribution in [3.8, 4) is 5.75 Å². The molecule has 1 aliphatic carbocycles. The summed E-state index contributed by atoms with van der Waals surface area (Å²) in [4.78, 5) is 24.8. The van der Waals surface area contributed by atoms with Gasteiger partial charge < -0.3 is 20.3 Å². The minimum atomic E-state index is -3.55. The normalized spacial score (nSPS) is 16.5. The Morgan fingerprint density at radius 1 is 1.07 bits per heavy atom. The lowest BCUT2D eigenvalue weighted by atomic mass is 9.85. The zero-order chi connectivity index (χ0) is 32.6. The molecule has 4 aromatic rings. The monoisotopic (exact) mass is 645 g/mol. The number of aryl methyl sites for hydroxylation is 1. The molecule has 1 saturated heterocycles. The average molecular weight is 646 g/mol. The van der Waals surface area contributed by atoms with E-state index in [0.717, 1.165) is 57.2 Å². The van der Waals surface area contributed by atoms with Crippen LogP contribution in [0.4, 0.5) is 23.3 Å². The molecule has 2 aromatic heterocycles. The summed E-state index contributed by atoms with van der Waals surface area (Å²) in [5, 5.41) is 10.3. The quantitative estimate of drug-likeness (QED) is 0.190. The molecule has 1 amide bonds. The average Bonchev–Trinajstić information content (AvgIpc) is 3.67. The predicted octanol–water partition coefficient (Wildman–Crippen LogP) is 6.40. The fourth-order valence-electron chi connectivity index (χ4n) is 6.61. The van der Waals surface area contributed by atoms with Gasteiger partial charge in [-0.2, -0.15) is 19.6 Å². The minimum Gasteiger partial charge on any atom is -0.495 e. The SMILES string of the molecule is CCCC1(C(=O)N2CCC(c3cc(OC)c(Nc4nc(Nc5ccccc5S(=O)(=O)C(C)C)n5nccc5n4)cc3C)CC2)CC1. The van der Waals surface area contributed by atoms with Crippen molar-refractivity contribution < 1.29 is 17.9 Å². The number of piperidine rings is 1. The second kappa shape index (κ2) is 12.5. The van der Waals surface area contributed by atoms with E-state index in [0.29, 0.717) is 46.5 Å². The van der Waals surface area contributed by atoms with E-state index in [1.807, 2.05) is 6.07 Å². The van der Waals surface area contributed by atoms with Crippen LogP contribution in [0.1, 0.15) is 76.3 Å². The molecule has 6 rings (SSSR count). The highest BCUT2D eigenvalue weighted by atomic mass is 32.2. The molecule has 0 bridgehead atoms. The summed E-state index contributed by atoms with van der Waals surface area (Å²) in [6, 6.07) is 12.7. The van der Waals surface area contributed by atoms with Crippen molar-refractivity contribution >= 4 is 44.7 Å². The molecule has 244 valence electrons. The van der Waals surface area contributed by atoms with Crippen LogP contribution in [0.2, 0.25) is 0 Å². The maximum atomic E-state index is 13.2. The lowest BCUT2D eigenvalue weighted by Gasteiger charge is -2.35. The van der Waals surface area contributed by atoms with Gasteiger partial charge in [-0.25, -0.2) is 8.42 Å². The topological polar surface area (TPSA) is 131 Å². The molecule has 2 fully saturated rings. The van der Waals surface area contributed by atoms with Gasteiger partial charge in [0.25, 0.3) is 0 Å². The summed E-state index contributed by atoms with van der Waals surface area (Å²) in [5.41, 5.74) is 3.91. The van der Waals surface area contributed by atoms with Gasteiger partial charge >= 0.3 is 0 Å². The molecule has 2 N–H and O–H groups in total. The number of sulfone groups is 1. The highest BCUT2D eigenvalue weighted by Gasteiger charge is 2.50. The Balaban J connectivity index is 1.23. The largest absolute Gasteiger partial charge is 0.495 e. The zero-order valence-corrected chi connectivity index (χ0v) is 28.0. The Labute approximate surface area is 270 Å². The summed E-state index contributed by atoms with van der Waals surface area (Å²) >= 11 is 0. The second-order valence-electron chi connectivity index (χ2n) is 12.8. The predicted molar refractivity (Wildman–Crippen MR) is 179 cm³/mol. The number of rotatable bonds is 11. The highest BCUT2D eigenvalue weighted by molar-refractivity contribution is 7.92. The van der Waals surface area contributed by atoms with Gasteiger partial charge in [-0.15, -0.1) is 0 Å². The molecule has 12 heteroatoms. The summed E-state index contributed by atoms with van der Waals surface area (Å²) < 4.78 is 33.5. The van der Waals surface area contributed by atoms with Gasteiger partial charge in [0.1, 0.15) is 5.75 Å². The Kier molecular flexibility index (Phi) is 8.66. The van der Waals surface area contributed by atoms with E-state index >= 15 is 0 Å². The molecule has 0 atom stereocenters. The van der Waals surface area contributed by atoms with E-state index < -0.39 is 15.1 Å². The number of benzene rings is 2. The van der Waals surface area contributed by atoms with Crippen molar-refractivity contribution in [2.75, 3.05) is 30.8 Å². The fourth-order valence-corrected chi connectivity index (χ4v) is 7.82. The number of nitrogens with one attached hydrogen (secondary N) is 2. The second-order valence-corrected chi connectivity index (χ2v) is 15.3. The number of nitrogens with zero attached hydrogens (tertiary/aromatic N) is 5. The third kappa shape index (κ3) is 6.02. The van der Waals surface area contributed by atoms with Gasteiger partial charge in [-0.05, 0) is 94.2 Å². The standard InChI is InChI=1S/C34H43N7O4S/c1-6-14-34(15-16-34)31(42)40-18-12-24(13-19-40)25-21-28(45-5)27(20-23(25)4)36-32-38-30-11-17-35-41(30)33(39-32)37-26-9-7-8-10-29(26)46(43,44)22(2)3/h7-11,17,20-22,24H,6,12-16,18-19H2,1-5H3,(H2,36,37,38,39). The number of hydrogen-bond donors (Lipinski definition) is 2. The number of likely N-dealkylation sites (tertiary alicyclic amines) is 1. The van der Waals surface area contributed by atoms with Crippen molar-refractivity contribution in [1.82, 2.24) is 24.5 Å². The first-order valence-electron chi connectivity index (χ1n) is 16.1. The number of anilines is 4. The maximum absolute atomic E-state index is 13.2. The van der Waals surface area contributed by atoms with Gasteiger partial charge in [0.05, 0.1) is 34.8 Å². The van der Waals surface area contributed by atoms with Gasteiger partial charge in [0.2, 0.25) is 17.8 Å². The van der Waals surface area contributed by atoms with Crippen molar-refractivity contribution in [2.24, 2.45) is 5.41 Å². The number of carbonyl (C=O) groups is 1. The Morgan fingerprint density at radius 2 is 1.80 bits per heavy atom. The van der Waals surface area contributed by atoms with E-state index in [2.05, 4.69) is 45.5 Å². The molecule has 3 heterocycles. The lowest BCUT2D eigenvalue weighted by Crippen LogP contribution is -2.42. The number of hydrogen-bond acceptors (Lipinski definition) is 9. The zero-order valence-electron chi connectivity index (χ0n) is 27.2. The first-order valence-corrected chi connectivity index (χ1v) is 17.7. The van der Waals surface area contributed by atoms with E-state index in [9.17, 15) is 13.2 Å². The number of aromatic nitrogens is 4. The summed E-state index contributed by atoms with van der Waals surface area (Å²) in [6.07, 6.45) is 7.59. The van der Waals surface area contributed by atoms with Crippen molar-refractivity contribution in [2.45, 2.75) is 82.3 Å². The van der Waals surface area contributed by atoms with Crippen LogP contribution in [0.5, 0.6) is 5.75 Å². The molecule has 0 unspecified atom stereocenters. The van der Waals surface area contributed by atoms with Gasteiger partial charge in [0.15, 0.2) is 15.5 Å². The van der Waals surface area contributed by atoms with Crippen LogP contribution in [-0.4, -0.2) is 64.3 Å². The van der Waals surface area contributed by atoms with Crippen LogP contribution in [0.25, 0.3) is 5.65 Å². The highest BCUT2D eigenvalue weighted by Crippen LogP contribution is 2.51. The third-order valence-electron chi connectivity index (χ3n) is 9.41. The van der Waals surface area contributed by atoms with Crippen LogP contribution in [0, 0.1) is 12.3 Å². The lowest BCUT2D eigenvalue weighted by molar-refractivity contribution is -0.138. The number of fused-ring (bicyclic) bond motifs is 1. The Hall–Kier alpha value is -4.19. The van der Waals surface area contributed by atoms with Crippen molar-refractivity contribution in [3.63, 3.8) is 0 Å². The van der Waals surface area contributed by atoms with E-state index in [1.165, 1.54) is 10.1 Å². The first-order chi connectivity index (χ1) is 22.1. The van der Waals surface area contributed by atoms with Crippen molar-refractivity contribution in [1.29, 1.82) is 0 Å². The van der Waals surface area contributed by atoms with Crippen LogP contribution < -0.4 is 15.4 Å². The molecular weight excluding hydrogens is 602 g/mol. The molecule has 1 aliphatic heterocycles. The number of carbonyl (C=O) groups excluding carboxylic acids is 1. The number of para-hydroxylation sites is 1. The molecule has 0 radical (unpaired) electrons. The van der Waals surface area contributed by atoms with E-state index in [1.54, 1.807) is 57.5 Å². The first kappa shape index (κ1) is 31.8. The molecule has 1 saturated carbocycles. The Bertz CT molecular complexity index is 1860. The number of amides is 1. The third-order valence-corrected chi connectivity index (χ3v) is 11.6. The summed E-state index contributed by atoms with van der Waals surface area (Å²) in [6.45, 7) is 9.15. The smallest absolute Gasteiger partial charge is 0.233 e. The Morgan fingerprint density at radius 3 is 2.48 bits per heavy atom. The van der Waals surface area contributed by atoms with Gasteiger partial charge in [0, 0.05) is 24.6 Å². The minimum absolute atomic E-state index is 0.0827. The molecule has 2 aromatic carbocycles. The van der Waals surface area contributed by atoms with E-state index in [4.69, 9.17) is 9.72 Å². The molecule has 0 spiro atoms. The van der Waals surface area contributed by atoms with Crippen LogP contribution in [0.15, 0.2) is 53.6 Å². The molecule has 11 nitrogen and oxygen atoms in total. The summed E-state index contributed by atoms with van der Waals surface area (Å²) in [5.74, 6) is 1.97. The van der Waals surface area contributed by atoms with Gasteiger partial charge in [-0.3, -0.25) is 4.79 Å². The number of ether oxygens (including phenoxy) is 1. The van der Waals surface area contributed by atoms with Crippen LogP contribution in [0.3, 0.4) is 0 Å². The van der Waals surface area contributed by atoms with Crippen molar-refractivity contribution in [3.05, 3.63) is 59.8 Å². The molecule has 2 aliphatic rings. The number of methoxy groups -OCH3 is 1. The molecular formula is C34H43N7O4S. The maximum Gasteiger partial charge on any atom is 0.233 e. The van der Waals surface area contributed by atoms with Gasteiger partial charge in [-0.1, -0.05) is 25.5 Å². The van der Waals surface area contributed by atoms with Crippen LogP contribution in [-0.2, 0) is 14.6 Å². The molecule has 46 heavy (non-hydrogen) atoms. The summed E-state index contributed by atoms with van der Waals surface area (Å²) in [7, 11) is -1.91. The van der Waals surface area contributed by atoms with Crippen LogP contribution >= 0.6 is 0 Å². The fraction of sp³-hybridized carbons (Fsp3) is 0.471. The van der Waals surface area contributed by atoms with E-state index in [-0.39, 0.29) is 10.3 Å².